The Morgan fingerprint density at radius 1 is 1.32 bits per heavy atom. The first-order valence-electron chi connectivity index (χ1n) is 5.50. The second-order valence-corrected chi connectivity index (χ2v) is 4.42. The molecule has 1 aliphatic heterocycles. The lowest BCUT2D eigenvalue weighted by Gasteiger charge is -2.32. The maximum atomic E-state index is 12.0. The molecule has 96 valence electrons. The largest absolute Gasteiger partial charge is 0.369 e. The third kappa shape index (κ3) is 2.00. The molecule has 0 radical (unpaired) electrons. The van der Waals surface area contributed by atoms with Crippen LogP contribution in [0.25, 0.3) is 0 Å². The van der Waals surface area contributed by atoms with Crippen molar-refractivity contribution >= 4 is 29.0 Å². The molecule has 1 aromatic carbocycles. The van der Waals surface area contributed by atoms with E-state index >= 15 is 0 Å². The van der Waals surface area contributed by atoms with Crippen molar-refractivity contribution in [2.75, 3.05) is 4.90 Å². The van der Waals surface area contributed by atoms with Crippen LogP contribution in [0.3, 0.4) is 0 Å². The minimum Gasteiger partial charge on any atom is -0.369 e. The number of aromatic nitrogens is 2. The maximum Gasteiger partial charge on any atom is 0.328 e. The third-order valence-electron chi connectivity index (χ3n) is 2.80. The lowest BCUT2D eigenvalue weighted by molar-refractivity contribution is 0.141. The molecule has 3 rings (SSSR count). The first-order chi connectivity index (χ1) is 9.16. The number of nitrogens with zero attached hydrogens (tertiary/aromatic N) is 3. The molecular weight excluding hydrogens is 268 g/mol. The molecule has 1 aliphatic rings. The Bertz CT molecular complexity index is 635. The number of nitrogens with one attached hydrogen (secondary N) is 1. The number of aliphatic hydroxyl groups excluding tert-OH is 1. The van der Waals surface area contributed by atoms with Crippen molar-refractivity contribution in [2.24, 2.45) is 0 Å². The van der Waals surface area contributed by atoms with Gasteiger partial charge >= 0.3 is 6.03 Å². The number of hydrogen-bond acceptors (Lipinski definition) is 4. The van der Waals surface area contributed by atoms with Gasteiger partial charge in [-0.15, -0.1) is 0 Å². The molecule has 1 unspecified atom stereocenters. The van der Waals surface area contributed by atoms with Crippen molar-refractivity contribution < 1.29 is 9.90 Å². The summed E-state index contributed by atoms with van der Waals surface area (Å²) in [5.41, 5.74) is 1.57. The Labute approximate surface area is 113 Å². The summed E-state index contributed by atoms with van der Waals surface area (Å²) < 4.78 is 0. The van der Waals surface area contributed by atoms with E-state index in [-0.39, 0.29) is 0 Å². The van der Waals surface area contributed by atoms with Crippen LogP contribution < -0.4 is 10.2 Å². The number of hydrogen-bond donors (Lipinski definition) is 2. The molecule has 0 saturated carbocycles. The highest BCUT2D eigenvalue weighted by molar-refractivity contribution is 6.31. The summed E-state index contributed by atoms with van der Waals surface area (Å²) in [6, 6.07) is 4.47. The minimum absolute atomic E-state index is 0.461. The van der Waals surface area contributed by atoms with E-state index in [9.17, 15) is 9.90 Å². The first-order valence-corrected chi connectivity index (χ1v) is 5.88. The van der Waals surface area contributed by atoms with Crippen molar-refractivity contribution in [1.82, 2.24) is 15.3 Å². The van der Waals surface area contributed by atoms with Gasteiger partial charge in [0.1, 0.15) is 6.33 Å². The molecule has 1 atom stereocenters. The van der Waals surface area contributed by atoms with Gasteiger partial charge < -0.3 is 10.4 Å². The van der Waals surface area contributed by atoms with E-state index in [1.165, 1.54) is 23.6 Å². The standard InChI is InChI=1S/C12H9ClN4O2/c13-7-1-2-9-10(3-7)17(12(19)16-11(9)18)8-4-14-6-15-5-8/h1-6,11,18H,(H,16,19). The Kier molecular flexibility index (Phi) is 2.81. The number of urea groups is 1. The molecule has 2 amide bonds. The summed E-state index contributed by atoms with van der Waals surface area (Å²) in [5, 5.41) is 12.8. The number of carbonyl (C=O) groups excluding carboxylic acids is 1. The van der Waals surface area contributed by atoms with E-state index < -0.39 is 12.3 Å². The predicted octanol–water partition coefficient (Wildman–Crippen LogP) is 1.98. The van der Waals surface area contributed by atoms with Gasteiger partial charge in [0, 0.05) is 10.6 Å². The van der Waals surface area contributed by atoms with Gasteiger partial charge in [0.15, 0.2) is 6.23 Å². The van der Waals surface area contributed by atoms with Crippen molar-refractivity contribution in [2.45, 2.75) is 6.23 Å². The predicted molar refractivity (Wildman–Crippen MR) is 69.1 cm³/mol. The van der Waals surface area contributed by atoms with E-state index in [1.807, 2.05) is 0 Å². The van der Waals surface area contributed by atoms with E-state index in [4.69, 9.17) is 11.6 Å². The fourth-order valence-electron chi connectivity index (χ4n) is 1.97. The first kappa shape index (κ1) is 11.9. The lowest BCUT2D eigenvalue weighted by atomic mass is 10.1. The van der Waals surface area contributed by atoms with Gasteiger partial charge in [0.2, 0.25) is 0 Å². The molecule has 0 bridgehead atoms. The summed E-state index contributed by atoms with van der Waals surface area (Å²) >= 11 is 5.95. The van der Waals surface area contributed by atoms with Gasteiger partial charge in [-0.3, -0.25) is 4.90 Å². The second-order valence-electron chi connectivity index (χ2n) is 3.99. The molecule has 2 heterocycles. The van der Waals surface area contributed by atoms with Crippen LogP contribution in [-0.2, 0) is 0 Å². The molecule has 0 fully saturated rings. The zero-order valence-corrected chi connectivity index (χ0v) is 10.4. The van der Waals surface area contributed by atoms with Crippen molar-refractivity contribution in [3.05, 3.63) is 47.5 Å². The van der Waals surface area contributed by atoms with E-state index in [0.717, 1.165) is 0 Å². The van der Waals surface area contributed by atoms with Gasteiger partial charge in [-0.1, -0.05) is 17.7 Å². The highest BCUT2D eigenvalue weighted by atomic mass is 35.5. The summed E-state index contributed by atoms with van der Waals surface area (Å²) in [4.78, 5) is 21.2. The van der Waals surface area contributed by atoms with Gasteiger partial charge in [0.05, 0.1) is 23.8 Å². The Morgan fingerprint density at radius 3 is 2.79 bits per heavy atom. The number of carbonyl (C=O) groups is 1. The quantitative estimate of drug-likeness (QED) is 0.835. The van der Waals surface area contributed by atoms with Crippen molar-refractivity contribution in [3.8, 4) is 0 Å². The molecular formula is C12H9ClN4O2. The summed E-state index contributed by atoms with van der Waals surface area (Å²) in [6.07, 6.45) is 3.34. The molecule has 0 saturated heterocycles. The van der Waals surface area contributed by atoms with Crippen LogP contribution in [0.4, 0.5) is 16.2 Å². The Hall–Kier alpha value is -2.18. The molecule has 2 N–H and O–H groups in total. The second kappa shape index (κ2) is 4.49. The topological polar surface area (TPSA) is 78.4 Å². The van der Waals surface area contributed by atoms with Gasteiger partial charge in [-0.2, -0.15) is 0 Å². The SMILES string of the molecule is O=C1NC(O)c2ccc(Cl)cc2N1c1cncnc1. The number of aliphatic hydroxyl groups is 1. The Balaban J connectivity index is 2.18. The van der Waals surface area contributed by atoms with Crippen molar-refractivity contribution in [1.29, 1.82) is 0 Å². The zero-order valence-electron chi connectivity index (χ0n) is 9.62. The van der Waals surface area contributed by atoms with Crippen LogP contribution >= 0.6 is 11.6 Å². The Morgan fingerprint density at radius 2 is 2.05 bits per heavy atom. The van der Waals surface area contributed by atoms with E-state index in [2.05, 4.69) is 15.3 Å². The number of anilines is 2. The molecule has 19 heavy (non-hydrogen) atoms. The lowest BCUT2D eigenvalue weighted by Crippen LogP contribution is -2.44. The third-order valence-corrected chi connectivity index (χ3v) is 3.03. The maximum absolute atomic E-state index is 12.0. The highest BCUT2D eigenvalue weighted by Crippen LogP contribution is 2.36. The highest BCUT2D eigenvalue weighted by Gasteiger charge is 2.30. The molecule has 7 heteroatoms. The van der Waals surface area contributed by atoms with Crippen LogP contribution in [-0.4, -0.2) is 21.1 Å². The fourth-order valence-corrected chi connectivity index (χ4v) is 2.14. The van der Waals surface area contributed by atoms with Gasteiger partial charge in [-0.05, 0) is 12.1 Å². The normalized spacial score (nSPS) is 17.9. The van der Waals surface area contributed by atoms with Crippen LogP contribution in [0.5, 0.6) is 0 Å². The smallest absolute Gasteiger partial charge is 0.328 e. The molecule has 0 spiro atoms. The van der Waals surface area contributed by atoms with Crippen LogP contribution in [0, 0.1) is 0 Å². The molecule has 6 nitrogen and oxygen atoms in total. The molecule has 1 aromatic heterocycles. The monoisotopic (exact) mass is 276 g/mol. The van der Waals surface area contributed by atoms with E-state index in [1.54, 1.807) is 18.2 Å². The number of amides is 2. The number of halogens is 1. The van der Waals surface area contributed by atoms with Gasteiger partial charge in [-0.25, -0.2) is 14.8 Å². The van der Waals surface area contributed by atoms with Gasteiger partial charge in [0.25, 0.3) is 0 Å². The van der Waals surface area contributed by atoms with Crippen LogP contribution in [0.2, 0.25) is 5.02 Å². The number of fused-ring (bicyclic) bond motifs is 1. The van der Waals surface area contributed by atoms with E-state index in [0.29, 0.717) is 22.0 Å². The minimum atomic E-state index is -1.05. The summed E-state index contributed by atoms with van der Waals surface area (Å²) in [5.74, 6) is 0. The van der Waals surface area contributed by atoms with Crippen LogP contribution in [0.15, 0.2) is 36.9 Å². The number of benzene rings is 1. The molecule has 0 aliphatic carbocycles. The average molecular weight is 277 g/mol. The van der Waals surface area contributed by atoms with Crippen molar-refractivity contribution in [3.63, 3.8) is 0 Å². The summed E-state index contributed by atoms with van der Waals surface area (Å²) in [6.45, 7) is 0. The van der Waals surface area contributed by atoms with Crippen LogP contribution in [0.1, 0.15) is 11.8 Å². The summed E-state index contributed by atoms with van der Waals surface area (Å²) in [7, 11) is 0. The zero-order chi connectivity index (χ0) is 13.4. The average Bonchev–Trinajstić information content (AvgIpc) is 2.39. The fraction of sp³-hybridized carbons (Fsp3) is 0.0833. The molecule has 2 aromatic rings. The number of rotatable bonds is 1.